The van der Waals surface area contributed by atoms with E-state index >= 15 is 0 Å². The number of allylic oxidation sites excluding steroid dienone is 4. The average Bonchev–Trinajstić information content (AvgIpc) is 3.12. The maximum absolute atomic E-state index is 12.6. The van der Waals surface area contributed by atoms with E-state index in [2.05, 4.69) is 38.2 Å². The second-order valence-corrected chi connectivity index (χ2v) is 16.3. The summed E-state index contributed by atoms with van der Waals surface area (Å²) in [5.41, 5.74) is 0. The van der Waals surface area contributed by atoms with E-state index < -0.39 is 26.5 Å². The van der Waals surface area contributed by atoms with Crippen LogP contribution in [0.4, 0.5) is 0 Å². The van der Waals surface area contributed by atoms with Gasteiger partial charge in [0.15, 0.2) is 6.10 Å². The number of rotatable bonds is 40. The average molecular weight is 772 g/mol. The van der Waals surface area contributed by atoms with Gasteiger partial charge >= 0.3 is 19.8 Å². The number of unbranched alkanes of at least 4 members (excludes halogenated alkanes) is 22. The number of phosphoric acid groups is 1. The third-order valence-electron chi connectivity index (χ3n) is 9.26. The van der Waals surface area contributed by atoms with Crippen molar-refractivity contribution in [2.75, 3.05) is 40.5 Å². The normalized spacial score (nSPS) is 13.6. The van der Waals surface area contributed by atoms with E-state index in [1.807, 2.05) is 19.0 Å². The molecule has 0 radical (unpaired) electrons. The Morgan fingerprint density at radius 1 is 0.585 bits per heavy atom. The van der Waals surface area contributed by atoms with Crippen LogP contribution >= 0.6 is 7.82 Å². The summed E-state index contributed by atoms with van der Waals surface area (Å²) in [4.78, 5) is 37.0. The number of carbonyl (C=O) groups excluding carboxylic acids is 2. The Morgan fingerprint density at radius 3 is 1.53 bits per heavy atom. The van der Waals surface area contributed by atoms with Crippen LogP contribution in [0.1, 0.15) is 194 Å². The Kier molecular flexibility index (Phi) is 37.6. The van der Waals surface area contributed by atoms with Gasteiger partial charge in [-0.2, -0.15) is 0 Å². The predicted molar refractivity (Wildman–Crippen MR) is 220 cm³/mol. The summed E-state index contributed by atoms with van der Waals surface area (Å²) >= 11 is 0. The summed E-state index contributed by atoms with van der Waals surface area (Å²) in [5.74, 6) is -0.812. The molecule has 9 nitrogen and oxygen atoms in total. The van der Waals surface area contributed by atoms with Gasteiger partial charge in [-0.05, 0) is 59.0 Å². The Hall–Kier alpha value is -1.51. The number of likely N-dealkylation sites (N-methyl/N-ethyl adjacent to an activating group) is 1. The fourth-order valence-electron chi connectivity index (χ4n) is 5.89. The zero-order valence-corrected chi connectivity index (χ0v) is 35.6. The zero-order valence-electron chi connectivity index (χ0n) is 34.7. The lowest BCUT2D eigenvalue weighted by Crippen LogP contribution is -2.29. The minimum absolute atomic E-state index is 0.00625. The third kappa shape index (κ3) is 40.0. The van der Waals surface area contributed by atoms with Crippen molar-refractivity contribution in [2.45, 2.75) is 200 Å². The molecule has 2 atom stereocenters. The van der Waals surface area contributed by atoms with E-state index in [1.54, 1.807) is 0 Å². The Bertz CT molecular complexity index is 941. The summed E-state index contributed by atoms with van der Waals surface area (Å²) in [7, 11) is -0.713. The van der Waals surface area contributed by atoms with Crippen molar-refractivity contribution in [2.24, 2.45) is 0 Å². The van der Waals surface area contributed by atoms with Gasteiger partial charge in [-0.1, -0.05) is 160 Å². The van der Waals surface area contributed by atoms with Crippen LogP contribution in [0.5, 0.6) is 0 Å². The molecule has 312 valence electrons. The lowest BCUT2D eigenvalue weighted by molar-refractivity contribution is -0.161. The van der Waals surface area contributed by atoms with Gasteiger partial charge in [-0.25, -0.2) is 4.57 Å². The van der Waals surface area contributed by atoms with E-state index in [-0.39, 0.29) is 32.0 Å². The van der Waals surface area contributed by atoms with Crippen molar-refractivity contribution in [1.82, 2.24) is 4.90 Å². The van der Waals surface area contributed by atoms with E-state index in [4.69, 9.17) is 18.5 Å². The second kappa shape index (κ2) is 38.8. The van der Waals surface area contributed by atoms with Crippen molar-refractivity contribution in [3.8, 4) is 0 Å². The molecule has 0 aliphatic carbocycles. The van der Waals surface area contributed by atoms with Crippen LogP contribution in [0.3, 0.4) is 0 Å². The molecule has 0 saturated heterocycles. The maximum atomic E-state index is 12.6. The van der Waals surface area contributed by atoms with Crippen molar-refractivity contribution in [3.63, 3.8) is 0 Å². The first-order valence-electron chi connectivity index (χ1n) is 21.6. The molecule has 0 saturated carbocycles. The highest BCUT2D eigenvalue weighted by molar-refractivity contribution is 7.47. The number of ether oxygens (including phenoxy) is 2. The van der Waals surface area contributed by atoms with E-state index in [0.29, 0.717) is 13.0 Å². The van der Waals surface area contributed by atoms with E-state index in [0.717, 1.165) is 57.8 Å². The SMILES string of the molecule is CCCCC/C=C\C/C=C\CCCCCCCC(=O)OC(COC(=O)CCCCCCCCCCCCCCCCC)COP(=O)(O)OCCN(C)C. The maximum Gasteiger partial charge on any atom is 0.472 e. The Labute approximate surface area is 326 Å². The highest BCUT2D eigenvalue weighted by atomic mass is 31.2. The molecule has 0 amide bonds. The number of nitrogens with zero attached hydrogens (tertiary/aromatic N) is 1. The summed E-state index contributed by atoms with van der Waals surface area (Å²) in [5, 5.41) is 0. The monoisotopic (exact) mass is 772 g/mol. The van der Waals surface area contributed by atoms with Gasteiger partial charge in [0, 0.05) is 19.4 Å². The van der Waals surface area contributed by atoms with Gasteiger partial charge in [0.25, 0.3) is 0 Å². The van der Waals surface area contributed by atoms with Crippen LogP contribution in [-0.2, 0) is 32.7 Å². The molecule has 0 fully saturated rings. The summed E-state index contributed by atoms with van der Waals surface area (Å²) in [6, 6.07) is 0. The van der Waals surface area contributed by atoms with Crippen LogP contribution in [0, 0.1) is 0 Å². The van der Waals surface area contributed by atoms with E-state index in [1.165, 1.54) is 103 Å². The quantitative estimate of drug-likeness (QED) is 0.0281. The van der Waals surface area contributed by atoms with Gasteiger partial charge in [0.2, 0.25) is 0 Å². The first kappa shape index (κ1) is 51.5. The molecule has 0 aliphatic rings. The molecule has 2 unspecified atom stereocenters. The smallest absolute Gasteiger partial charge is 0.462 e. The van der Waals surface area contributed by atoms with Gasteiger partial charge in [-0.15, -0.1) is 0 Å². The number of esters is 2. The molecule has 0 aromatic rings. The fourth-order valence-corrected chi connectivity index (χ4v) is 6.64. The minimum atomic E-state index is -4.36. The van der Waals surface area contributed by atoms with Crippen LogP contribution in [-0.4, -0.2) is 68.3 Å². The molecule has 0 bridgehead atoms. The lowest BCUT2D eigenvalue weighted by atomic mass is 10.0. The first-order chi connectivity index (χ1) is 25.7. The van der Waals surface area contributed by atoms with Gasteiger partial charge in [-0.3, -0.25) is 18.6 Å². The molecule has 0 aromatic heterocycles. The van der Waals surface area contributed by atoms with Crippen molar-refractivity contribution in [3.05, 3.63) is 24.3 Å². The van der Waals surface area contributed by atoms with Crippen LogP contribution in [0.25, 0.3) is 0 Å². The largest absolute Gasteiger partial charge is 0.472 e. The highest BCUT2D eigenvalue weighted by Crippen LogP contribution is 2.43. The third-order valence-corrected chi connectivity index (χ3v) is 10.2. The Balaban J connectivity index is 4.30. The molecule has 0 aliphatic heterocycles. The molecule has 0 spiro atoms. The Morgan fingerprint density at radius 2 is 1.02 bits per heavy atom. The molecular weight excluding hydrogens is 689 g/mol. The van der Waals surface area contributed by atoms with Crippen LogP contribution < -0.4 is 0 Å². The predicted octanol–water partition coefficient (Wildman–Crippen LogP) is 12.2. The number of hydrogen-bond acceptors (Lipinski definition) is 8. The molecule has 1 N–H and O–H groups in total. The van der Waals surface area contributed by atoms with Gasteiger partial charge in [0.05, 0.1) is 13.2 Å². The van der Waals surface area contributed by atoms with Crippen molar-refractivity contribution < 1.29 is 37.6 Å². The molecule has 53 heavy (non-hydrogen) atoms. The second-order valence-electron chi connectivity index (χ2n) is 14.9. The highest BCUT2D eigenvalue weighted by Gasteiger charge is 2.26. The van der Waals surface area contributed by atoms with Crippen LogP contribution in [0.15, 0.2) is 24.3 Å². The van der Waals surface area contributed by atoms with Crippen molar-refractivity contribution in [1.29, 1.82) is 0 Å². The van der Waals surface area contributed by atoms with Gasteiger partial charge in [0.1, 0.15) is 6.61 Å². The standard InChI is InChI=1S/C43H82NO8P/c1-5-7-9-11-13-15-17-19-21-23-25-27-29-31-33-35-42(45)49-39-41(40-51-53(47,48)50-38-37-44(3)4)52-43(46)36-34-32-30-28-26-24-22-20-18-16-14-12-10-8-6-2/h14,16,20,22,41H,5-13,15,17-19,21,23-40H2,1-4H3,(H,47,48)/b16-14-,22-20-. The lowest BCUT2D eigenvalue weighted by Gasteiger charge is -2.20. The van der Waals surface area contributed by atoms with E-state index in [9.17, 15) is 19.0 Å². The topological polar surface area (TPSA) is 112 Å². The summed E-state index contributed by atoms with van der Waals surface area (Å²) in [6.45, 7) is 4.29. The van der Waals surface area contributed by atoms with Crippen LogP contribution in [0.2, 0.25) is 0 Å². The van der Waals surface area contributed by atoms with Gasteiger partial charge < -0.3 is 19.3 Å². The summed E-state index contributed by atoms with van der Waals surface area (Å²) < 4.78 is 33.4. The number of hydrogen-bond donors (Lipinski definition) is 1. The molecule has 0 aromatic carbocycles. The zero-order chi connectivity index (χ0) is 39.1. The summed E-state index contributed by atoms with van der Waals surface area (Å²) in [6.07, 6.45) is 39.3. The molecule has 0 rings (SSSR count). The number of phosphoric ester groups is 1. The number of carbonyl (C=O) groups is 2. The fraction of sp³-hybridized carbons (Fsp3) is 0.860. The van der Waals surface area contributed by atoms with Crippen molar-refractivity contribution >= 4 is 19.8 Å². The molecule has 0 heterocycles. The molecular formula is C43H82NO8P. The minimum Gasteiger partial charge on any atom is -0.462 e. The first-order valence-corrected chi connectivity index (χ1v) is 23.1. The molecule has 10 heteroatoms.